The van der Waals surface area contributed by atoms with Gasteiger partial charge in [-0.1, -0.05) is 58.1 Å². The van der Waals surface area contributed by atoms with Gasteiger partial charge in [-0.2, -0.15) is 0 Å². The molecule has 1 aliphatic carbocycles. The Morgan fingerprint density at radius 1 is 1.14 bits per heavy atom. The first-order chi connectivity index (χ1) is 10.0. The standard InChI is InChI=1S/C19H34O2/c1-5-6-7-8-9-10-11-19(20)21-18-14-16(4)12-13-17(18)15(2)3/h16-18H,2,5-14H2,1,3-4H3/t16-,17+,18-/m1/s1. The van der Waals surface area contributed by atoms with Gasteiger partial charge in [0.2, 0.25) is 0 Å². The van der Waals surface area contributed by atoms with Gasteiger partial charge in [0.05, 0.1) is 0 Å². The second-order valence-electron chi connectivity index (χ2n) is 6.92. The molecule has 2 heteroatoms. The van der Waals surface area contributed by atoms with E-state index in [9.17, 15) is 4.79 Å². The third kappa shape index (κ3) is 7.15. The van der Waals surface area contributed by atoms with E-state index >= 15 is 0 Å². The molecule has 0 aromatic carbocycles. The Bertz CT molecular complexity index is 322. The van der Waals surface area contributed by atoms with E-state index in [4.69, 9.17) is 4.74 Å². The Hall–Kier alpha value is -0.790. The summed E-state index contributed by atoms with van der Waals surface area (Å²) in [6.07, 6.45) is 11.2. The molecule has 0 spiro atoms. The van der Waals surface area contributed by atoms with E-state index in [0.717, 1.165) is 25.7 Å². The highest BCUT2D eigenvalue weighted by Crippen LogP contribution is 2.34. The van der Waals surface area contributed by atoms with Gasteiger partial charge >= 0.3 is 5.97 Å². The lowest BCUT2D eigenvalue weighted by molar-refractivity contribution is -0.153. The third-order valence-electron chi connectivity index (χ3n) is 4.70. The van der Waals surface area contributed by atoms with Crippen LogP contribution in [0.2, 0.25) is 0 Å². The van der Waals surface area contributed by atoms with Crippen molar-refractivity contribution in [2.75, 3.05) is 0 Å². The van der Waals surface area contributed by atoms with E-state index in [1.54, 1.807) is 0 Å². The Kier molecular flexibility index (Phi) is 8.72. The number of hydrogen-bond donors (Lipinski definition) is 0. The molecule has 0 saturated heterocycles. The summed E-state index contributed by atoms with van der Waals surface area (Å²) in [5, 5.41) is 0. The predicted molar refractivity (Wildman–Crippen MR) is 89.2 cm³/mol. The molecule has 0 aromatic rings. The van der Waals surface area contributed by atoms with Crippen LogP contribution in [-0.4, -0.2) is 12.1 Å². The molecule has 0 unspecified atom stereocenters. The maximum Gasteiger partial charge on any atom is 0.306 e. The Labute approximate surface area is 131 Å². The largest absolute Gasteiger partial charge is 0.462 e. The molecule has 1 aliphatic rings. The molecule has 1 saturated carbocycles. The first-order valence-electron chi connectivity index (χ1n) is 8.89. The highest BCUT2D eigenvalue weighted by Gasteiger charge is 2.31. The van der Waals surface area contributed by atoms with Gasteiger partial charge in [-0.05, 0) is 38.5 Å². The number of esters is 1. The summed E-state index contributed by atoms with van der Waals surface area (Å²) in [5.41, 5.74) is 1.17. The summed E-state index contributed by atoms with van der Waals surface area (Å²) in [5.74, 6) is 1.03. The van der Waals surface area contributed by atoms with E-state index < -0.39 is 0 Å². The van der Waals surface area contributed by atoms with Gasteiger partial charge in [0.1, 0.15) is 6.10 Å². The average Bonchev–Trinajstić information content (AvgIpc) is 2.42. The molecule has 0 bridgehead atoms. The summed E-state index contributed by atoms with van der Waals surface area (Å²) in [6.45, 7) is 10.6. The van der Waals surface area contributed by atoms with Crippen LogP contribution >= 0.6 is 0 Å². The van der Waals surface area contributed by atoms with Gasteiger partial charge in [-0.15, -0.1) is 0 Å². The van der Waals surface area contributed by atoms with Crippen LogP contribution in [0.5, 0.6) is 0 Å². The second-order valence-corrected chi connectivity index (χ2v) is 6.92. The number of carbonyl (C=O) groups excluding carboxylic acids is 1. The second kappa shape index (κ2) is 10.0. The lowest BCUT2D eigenvalue weighted by atomic mass is 9.77. The van der Waals surface area contributed by atoms with Crippen molar-refractivity contribution in [1.29, 1.82) is 0 Å². The summed E-state index contributed by atoms with van der Waals surface area (Å²) >= 11 is 0. The minimum absolute atomic E-state index is 0.00385. The number of ether oxygens (including phenoxy) is 1. The summed E-state index contributed by atoms with van der Waals surface area (Å²) in [7, 11) is 0. The smallest absolute Gasteiger partial charge is 0.306 e. The summed E-state index contributed by atoms with van der Waals surface area (Å²) in [4.78, 5) is 12.0. The van der Waals surface area contributed by atoms with Crippen molar-refractivity contribution in [3.05, 3.63) is 12.2 Å². The van der Waals surface area contributed by atoms with Gasteiger partial charge in [-0.3, -0.25) is 4.79 Å². The Morgan fingerprint density at radius 3 is 2.48 bits per heavy atom. The number of rotatable bonds is 9. The quantitative estimate of drug-likeness (QED) is 0.311. The van der Waals surface area contributed by atoms with Gasteiger partial charge in [0.15, 0.2) is 0 Å². The van der Waals surface area contributed by atoms with E-state index in [1.165, 1.54) is 37.7 Å². The van der Waals surface area contributed by atoms with E-state index in [1.807, 2.05) is 0 Å². The van der Waals surface area contributed by atoms with E-state index in [0.29, 0.717) is 18.3 Å². The molecule has 3 atom stereocenters. The zero-order valence-corrected chi connectivity index (χ0v) is 14.3. The minimum atomic E-state index is -0.00385. The summed E-state index contributed by atoms with van der Waals surface area (Å²) < 4.78 is 5.76. The molecular formula is C19H34O2. The zero-order chi connectivity index (χ0) is 15.7. The molecule has 0 aliphatic heterocycles. The molecular weight excluding hydrogens is 260 g/mol. The average molecular weight is 294 g/mol. The van der Waals surface area contributed by atoms with E-state index in [-0.39, 0.29) is 12.1 Å². The van der Waals surface area contributed by atoms with E-state index in [2.05, 4.69) is 27.4 Å². The SMILES string of the molecule is C=C(C)[C@@H]1CC[C@@H](C)C[C@H]1OC(=O)CCCCCCCC. The topological polar surface area (TPSA) is 26.3 Å². The fraction of sp³-hybridized carbons (Fsp3) is 0.842. The molecule has 0 aromatic heterocycles. The van der Waals surface area contributed by atoms with Crippen LogP contribution in [-0.2, 0) is 9.53 Å². The Balaban J connectivity index is 2.26. The van der Waals surface area contributed by atoms with Crippen molar-refractivity contribution in [2.24, 2.45) is 11.8 Å². The predicted octanol–water partition coefficient (Wildman–Crippen LogP) is 5.66. The molecule has 1 fully saturated rings. The maximum atomic E-state index is 12.0. The fourth-order valence-corrected chi connectivity index (χ4v) is 3.30. The maximum absolute atomic E-state index is 12.0. The van der Waals surface area contributed by atoms with Crippen molar-refractivity contribution in [2.45, 2.75) is 91.1 Å². The highest BCUT2D eigenvalue weighted by atomic mass is 16.5. The zero-order valence-electron chi connectivity index (χ0n) is 14.3. The van der Waals surface area contributed by atoms with Gasteiger partial charge in [0, 0.05) is 12.3 Å². The van der Waals surface area contributed by atoms with Crippen LogP contribution in [0.4, 0.5) is 0 Å². The molecule has 21 heavy (non-hydrogen) atoms. The highest BCUT2D eigenvalue weighted by molar-refractivity contribution is 5.69. The first-order valence-corrected chi connectivity index (χ1v) is 8.89. The van der Waals surface area contributed by atoms with Gasteiger partial charge in [-0.25, -0.2) is 0 Å². The normalized spacial score (nSPS) is 25.6. The third-order valence-corrected chi connectivity index (χ3v) is 4.70. The summed E-state index contributed by atoms with van der Waals surface area (Å²) in [6, 6.07) is 0. The van der Waals surface area contributed by atoms with Crippen LogP contribution < -0.4 is 0 Å². The molecule has 0 amide bonds. The number of unbranched alkanes of at least 4 members (excludes halogenated alkanes) is 5. The molecule has 1 rings (SSSR count). The lowest BCUT2D eigenvalue weighted by Gasteiger charge is -2.34. The molecule has 2 nitrogen and oxygen atoms in total. The lowest BCUT2D eigenvalue weighted by Crippen LogP contribution is -2.33. The minimum Gasteiger partial charge on any atom is -0.462 e. The van der Waals surface area contributed by atoms with Crippen molar-refractivity contribution in [1.82, 2.24) is 0 Å². The van der Waals surface area contributed by atoms with Crippen molar-refractivity contribution >= 4 is 5.97 Å². The van der Waals surface area contributed by atoms with Crippen LogP contribution in [0.3, 0.4) is 0 Å². The monoisotopic (exact) mass is 294 g/mol. The first kappa shape index (κ1) is 18.3. The van der Waals surface area contributed by atoms with Crippen molar-refractivity contribution in [3.63, 3.8) is 0 Å². The fourth-order valence-electron chi connectivity index (χ4n) is 3.30. The van der Waals surface area contributed by atoms with Crippen molar-refractivity contribution in [3.8, 4) is 0 Å². The van der Waals surface area contributed by atoms with Crippen LogP contribution in [0.1, 0.15) is 85.0 Å². The number of hydrogen-bond acceptors (Lipinski definition) is 2. The van der Waals surface area contributed by atoms with Crippen LogP contribution in [0.25, 0.3) is 0 Å². The molecule has 122 valence electrons. The Morgan fingerprint density at radius 2 is 1.81 bits per heavy atom. The van der Waals surface area contributed by atoms with Crippen molar-refractivity contribution < 1.29 is 9.53 Å². The van der Waals surface area contributed by atoms with Crippen LogP contribution in [0, 0.1) is 11.8 Å². The van der Waals surface area contributed by atoms with Crippen LogP contribution in [0.15, 0.2) is 12.2 Å². The van der Waals surface area contributed by atoms with Gasteiger partial charge < -0.3 is 4.74 Å². The molecule has 0 N–H and O–H groups in total. The number of carbonyl (C=O) groups is 1. The molecule has 0 heterocycles. The van der Waals surface area contributed by atoms with Gasteiger partial charge in [0.25, 0.3) is 0 Å². The molecule has 0 radical (unpaired) electrons.